The van der Waals surface area contributed by atoms with E-state index >= 15 is 0 Å². The van der Waals surface area contributed by atoms with Gasteiger partial charge < -0.3 is 10.1 Å². The Kier molecular flexibility index (Phi) is 6.59. The van der Waals surface area contributed by atoms with Crippen LogP contribution < -0.4 is 5.32 Å². The van der Waals surface area contributed by atoms with E-state index in [0.29, 0.717) is 11.1 Å². The Morgan fingerprint density at radius 3 is 1.76 bits per heavy atom. The molecule has 37 heavy (non-hydrogen) atoms. The molecule has 1 aliphatic rings. The summed E-state index contributed by atoms with van der Waals surface area (Å²) in [5, 5.41) is 14.0. The molecule has 0 spiro atoms. The van der Waals surface area contributed by atoms with Gasteiger partial charge in [-0.25, -0.2) is 4.79 Å². The average Bonchev–Trinajstić information content (AvgIpc) is 3.34. The van der Waals surface area contributed by atoms with Crippen LogP contribution in [0.4, 0.5) is 5.69 Å². The van der Waals surface area contributed by atoms with Gasteiger partial charge in [-0.2, -0.15) is 0 Å². The standard InChI is InChI=1S/C30H22N2O5/c33-27-19-26(22-13-11-20(12-14-22)21-15-17-25(18-16-21)32(35)36)29(37-27)30(34)31-28(23-7-3-1-4-8-23)24-9-5-2-6-10-24/h1-19,28-29H,(H,31,34). The first-order valence-corrected chi connectivity index (χ1v) is 11.7. The van der Waals surface area contributed by atoms with Gasteiger partial charge in [0.05, 0.1) is 11.0 Å². The number of hydrogen-bond acceptors (Lipinski definition) is 5. The van der Waals surface area contributed by atoms with Crippen LogP contribution in [0.3, 0.4) is 0 Å². The molecule has 1 N–H and O–H groups in total. The van der Waals surface area contributed by atoms with Crippen molar-refractivity contribution in [3.63, 3.8) is 0 Å². The number of amides is 1. The molecular weight excluding hydrogens is 468 g/mol. The van der Waals surface area contributed by atoms with Crippen LogP contribution in [0.15, 0.2) is 115 Å². The molecule has 4 aromatic rings. The third-order valence-electron chi connectivity index (χ3n) is 6.21. The van der Waals surface area contributed by atoms with Crippen molar-refractivity contribution in [1.29, 1.82) is 0 Å². The van der Waals surface area contributed by atoms with Crippen LogP contribution in [0.25, 0.3) is 16.7 Å². The number of rotatable bonds is 7. The summed E-state index contributed by atoms with van der Waals surface area (Å²) in [6, 6.07) is 32.3. The highest BCUT2D eigenvalue weighted by molar-refractivity contribution is 6.07. The smallest absolute Gasteiger partial charge is 0.332 e. The molecule has 7 heteroatoms. The predicted molar refractivity (Wildman–Crippen MR) is 139 cm³/mol. The SMILES string of the molecule is O=C1C=C(c2ccc(-c3ccc([N+](=O)[O-])cc3)cc2)C(C(=O)NC(c2ccccc2)c2ccccc2)O1. The van der Waals surface area contributed by atoms with Crippen LogP contribution in [0.5, 0.6) is 0 Å². The Hall–Kier alpha value is -5.04. The van der Waals surface area contributed by atoms with Crippen molar-refractivity contribution in [2.24, 2.45) is 0 Å². The zero-order valence-corrected chi connectivity index (χ0v) is 19.6. The van der Waals surface area contributed by atoms with E-state index in [1.807, 2.05) is 72.8 Å². The van der Waals surface area contributed by atoms with E-state index in [-0.39, 0.29) is 5.69 Å². The first-order chi connectivity index (χ1) is 18.0. The van der Waals surface area contributed by atoms with Crippen LogP contribution in [0.2, 0.25) is 0 Å². The van der Waals surface area contributed by atoms with Gasteiger partial charge in [0.25, 0.3) is 11.6 Å². The number of esters is 1. The molecule has 1 atom stereocenters. The number of nitro benzene ring substituents is 1. The molecule has 0 bridgehead atoms. The van der Waals surface area contributed by atoms with Crippen molar-refractivity contribution >= 4 is 23.1 Å². The molecule has 0 saturated heterocycles. The van der Waals surface area contributed by atoms with Crippen molar-refractivity contribution in [2.45, 2.75) is 12.1 Å². The first kappa shape index (κ1) is 23.7. The maximum atomic E-state index is 13.4. The van der Waals surface area contributed by atoms with E-state index in [1.54, 1.807) is 24.3 Å². The zero-order chi connectivity index (χ0) is 25.8. The lowest BCUT2D eigenvalue weighted by Gasteiger charge is -2.23. The summed E-state index contributed by atoms with van der Waals surface area (Å²) >= 11 is 0. The minimum absolute atomic E-state index is 0.0188. The summed E-state index contributed by atoms with van der Waals surface area (Å²) in [6.07, 6.45) is 0.248. The molecule has 1 unspecified atom stereocenters. The third-order valence-corrected chi connectivity index (χ3v) is 6.21. The number of ether oxygens (including phenoxy) is 1. The number of carbonyl (C=O) groups is 2. The van der Waals surface area contributed by atoms with E-state index in [4.69, 9.17) is 4.74 Å². The largest absolute Gasteiger partial charge is 0.444 e. The summed E-state index contributed by atoms with van der Waals surface area (Å²) in [7, 11) is 0. The Balaban J connectivity index is 1.38. The summed E-state index contributed by atoms with van der Waals surface area (Å²) in [5.41, 5.74) is 4.63. The molecule has 7 nitrogen and oxygen atoms in total. The van der Waals surface area contributed by atoms with Crippen molar-refractivity contribution in [2.75, 3.05) is 0 Å². The fraction of sp³-hybridized carbons (Fsp3) is 0.0667. The molecule has 1 amide bonds. The highest BCUT2D eigenvalue weighted by Crippen LogP contribution is 2.31. The van der Waals surface area contributed by atoms with Gasteiger partial charge in [0.1, 0.15) is 0 Å². The van der Waals surface area contributed by atoms with Crippen molar-refractivity contribution in [3.05, 3.63) is 142 Å². The van der Waals surface area contributed by atoms with Gasteiger partial charge in [-0.3, -0.25) is 14.9 Å². The molecule has 0 saturated carbocycles. The van der Waals surface area contributed by atoms with Crippen LogP contribution in [0.1, 0.15) is 22.7 Å². The molecule has 1 aliphatic heterocycles. The number of nitrogens with one attached hydrogen (secondary N) is 1. The fourth-order valence-electron chi connectivity index (χ4n) is 4.34. The average molecular weight is 491 g/mol. The molecule has 182 valence electrons. The number of non-ortho nitro benzene ring substituents is 1. The monoisotopic (exact) mass is 490 g/mol. The van der Waals surface area contributed by atoms with Crippen LogP contribution in [-0.4, -0.2) is 22.9 Å². The second-order valence-corrected chi connectivity index (χ2v) is 8.56. The van der Waals surface area contributed by atoms with Gasteiger partial charge in [0, 0.05) is 23.8 Å². The number of nitrogens with zero attached hydrogens (tertiary/aromatic N) is 1. The van der Waals surface area contributed by atoms with Gasteiger partial charge in [-0.05, 0) is 39.9 Å². The lowest BCUT2D eigenvalue weighted by atomic mass is 9.95. The van der Waals surface area contributed by atoms with Crippen LogP contribution >= 0.6 is 0 Å². The topological polar surface area (TPSA) is 98.5 Å². The molecule has 0 radical (unpaired) electrons. The van der Waals surface area contributed by atoms with Gasteiger partial charge in [-0.15, -0.1) is 0 Å². The van der Waals surface area contributed by atoms with E-state index in [2.05, 4.69) is 5.32 Å². The zero-order valence-electron chi connectivity index (χ0n) is 19.6. The van der Waals surface area contributed by atoms with E-state index in [9.17, 15) is 19.7 Å². The minimum Gasteiger partial charge on any atom is -0.444 e. The van der Waals surface area contributed by atoms with Gasteiger partial charge in [0.2, 0.25) is 6.10 Å². The normalized spacial score (nSPS) is 14.7. The Bertz CT molecular complexity index is 1420. The number of cyclic esters (lactones) is 1. The Morgan fingerprint density at radius 1 is 0.757 bits per heavy atom. The lowest BCUT2D eigenvalue weighted by molar-refractivity contribution is -0.384. The molecule has 0 aliphatic carbocycles. The molecule has 0 fully saturated rings. The van der Waals surface area contributed by atoms with Crippen LogP contribution in [-0.2, 0) is 14.3 Å². The van der Waals surface area contributed by atoms with Gasteiger partial charge in [-0.1, -0.05) is 84.9 Å². The Labute approximate surface area is 213 Å². The number of nitro groups is 1. The summed E-state index contributed by atoms with van der Waals surface area (Å²) in [4.78, 5) is 36.1. The lowest BCUT2D eigenvalue weighted by Crippen LogP contribution is -2.38. The molecular formula is C30H22N2O5. The number of carbonyl (C=O) groups excluding carboxylic acids is 2. The minimum atomic E-state index is -1.09. The molecule has 1 heterocycles. The predicted octanol–water partition coefficient (Wildman–Crippen LogP) is 5.48. The fourth-order valence-corrected chi connectivity index (χ4v) is 4.34. The summed E-state index contributed by atoms with van der Waals surface area (Å²) in [5.74, 6) is -1.00. The molecule has 0 aromatic heterocycles. The molecule has 4 aromatic carbocycles. The molecule has 5 rings (SSSR count). The van der Waals surface area contributed by atoms with E-state index in [1.165, 1.54) is 18.2 Å². The van der Waals surface area contributed by atoms with Gasteiger partial charge in [0.15, 0.2) is 0 Å². The highest BCUT2D eigenvalue weighted by atomic mass is 16.6. The Morgan fingerprint density at radius 2 is 1.24 bits per heavy atom. The highest BCUT2D eigenvalue weighted by Gasteiger charge is 2.35. The second-order valence-electron chi connectivity index (χ2n) is 8.56. The second kappa shape index (κ2) is 10.3. The van der Waals surface area contributed by atoms with Crippen LogP contribution in [0, 0.1) is 10.1 Å². The summed E-state index contributed by atoms with van der Waals surface area (Å²) in [6.45, 7) is 0. The van der Waals surface area contributed by atoms with Crippen molar-refractivity contribution in [1.82, 2.24) is 5.32 Å². The van der Waals surface area contributed by atoms with Crippen molar-refractivity contribution in [3.8, 4) is 11.1 Å². The van der Waals surface area contributed by atoms with E-state index < -0.39 is 28.9 Å². The third kappa shape index (κ3) is 5.16. The number of benzene rings is 4. The van der Waals surface area contributed by atoms with E-state index in [0.717, 1.165) is 22.3 Å². The van der Waals surface area contributed by atoms with Crippen molar-refractivity contribution < 1.29 is 19.2 Å². The first-order valence-electron chi connectivity index (χ1n) is 11.7. The maximum absolute atomic E-state index is 13.4. The quantitative estimate of drug-likeness (QED) is 0.210. The van der Waals surface area contributed by atoms with Gasteiger partial charge >= 0.3 is 5.97 Å². The number of hydrogen-bond donors (Lipinski definition) is 1. The summed E-state index contributed by atoms with van der Waals surface area (Å²) < 4.78 is 5.41. The maximum Gasteiger partial charge on any atom is 0.332 e.